The molecule has 2 aromatic carbocycles. The molecule has 0 unspecified atom stereocenters. The number of aliphatic hydroxyl groups is 1. The van der Waals surface area contributed by atoms with E-state index in [1.54, 1.807) is 13.0 Å². The van der Waals surface area contributed by atoms with Gasteiger partial charge in [0.15, 0.2) is 0 Å². The van der Waals surface area contributed by atoms with E-state index in [0.29, 0.717) is 24.4 Å². The molecule has 0 radical (unpaired) electrons. The number of nitrogens with zero attached hydrogens (tertiary/aromatic N) is 1. The molecule has 4 atom stereocenters. The van der Waals surface area contributed by atoms with Crippen molar-refractivity contribution in [1.82, 2.24) is 4.90 Å². The van der Waals surface area contributed by atoms with Crippen LogP contribution in [0.15, 0.2) is 42.5 Å². The second-order valence-electron chi connectivity index (χ2n) is 9.46. The molecule has 5 nitrogen and oxygen atoms in total. The molecule has 1 saturated heterocycles. The Morgan fingerprint density at radius 3 is 2.76 bits per heavy atom. The number of halogens is 1. The van der Waals surface area contributed by atoms with Gasteiger partial charge in [0.2, 0.25) is 0 Å². The van der Waals surface area contributed by atoms with Crippen molar-refractivity contribution < 1.29 is 24.1 Å². The molecule has 1 aliphatic rings. The van der Waals surface area contributed by atoms with Crippen LogP contribution in [0.5, 0.6) is 0 Å². The Bertz CT molecular complexity index is 934. The van der Waals surface area contributed by atoms with Crippen LogP contribution in [0.25, 0.3) is 0 Å². The maximum Gasteiger partial charge on any atom is 0.303 e. The molecule has 1 heterocycles. The summed E-state index contributed by atoms with van der Waals surface area (Å²) in [6.07, 6.45) is 1.44. The first-order valence-corrected chi connectivity index (χ1v) is 11.8. The molecule has 0 saturated carbocycles. The zero-order valence-electron chi connectivity index (χ0n) is 19.8. The molecule has 0 amide bonds. The average molecular weight is 458 g/mol. The molecular formula is C27H36FNO4. The summed E-state index contributed by atoms with van der Waals surface area (Å²) in [5.74, 6) is -0.467. The molecular weight excluding hydrogens is 421 g/mol. The number of carbonyl (C=O) groups is 1. The normalized spacial score (nSPS) is 20.6. The van der Waals surface area contributed by atoms with E-state index in [1.165, 1.54) is 0 Å². The van der Waals surface area contributed by atoms with Gasteiger partial charge in [0.05, 0.1) is 18.8 Å². The van der Waals surface area contributed by atoms with Crippen molar-refractivity contribution >= 4 is 5.97 Å². The van der Waals surface area contributed by atoms with Crippen molar-refractivity contribution in [2.45, 2.75) is 64.7 Å². The van der Waals surface area contributed by atoms with E-state index < -0.39 is 12.1 Å². The minimum atomic E-state index is -0.823. The van der Waals surface area contributed by atoms with E-state index in [-0.39, 0.29) is 31.0 Å². The lowest BCUT2D eigenvalue weighted by Crippen LogP contribution is -2.39. The molecule has 1 fully saturated rings. The second-order valence-corrected chi connectivity index (χ2v) is 9.46. The quantitative estimate of drug-likeness (QED) is 0.518. The van der Waals surface area contributed by atoms with E-state index in [0.717, 1.165) is 36.1 Å². The summed E-state index contributed by atoms with van der Waals surface area (Å²) in [7, 11) is 0. The predicted molar refractivity (Wildman–Crippen MR) is 127 cm³/mol. The number of aliphatic hydroxyl groups excluding tert-OH is 1. The third kappa shape index (κ3) is 7.36. The Hall–Kier alpha value is -2.28. The largest absolute Gasteiger partial charge is 0.481 e. The van der Waals surface area contributed by atoms with Gasteiger partial charge in [-0.25, -0.2) is 4.39 Å². The van der Waals surface area contributed by atoms with Crippen LogP contribution >= 0.6 is 0 Å². The molecule has 2 N–H and O–H groups in total. The Kier molecular flexibility index (Phi) is 9.01. The molecule has 0 bridgehead atoms. The van der Waals surface area contributed by atoms with Crippen LogP contribution in [0.4, 0.5) is 4.39 Å². The maximum atomic E-state index is 14.0. The Morgan fingerprint density at radius 1 is 1.27 bits per heavy atom. The molecule has 180 valence electrons. The number of hydrogen-bond donors (Lipinski definition) is 2. The molecule has 0 spiro atoms. The molecule has 1 aliphatic heterocycles. The summed E-state index contributed by atoms with van der Waals surface area (Å²) < 4.78 is 20.0. The fourth-order valence-electron chi connectivity index (χ4n) is 4.78. The number of likely N-dealkylation sites (tertiary alicyclic amines) is 1. The van der Waals surface area contributed by atoms with Crippen LogP contribution in [-0.4, -0.2) is 52.9 Å². The first kappa shape index (κ1) is 25.3. The number of β-amino-alcohol motifs (C(OH)–C–C–N with tert-alkyl or cyclic N) is 1. The van der Waals surface area contributed by atoms with Crippen molar-refractivity contribution in [1.29, 1.82) is 0 Å². The van der Waals surface area contributed by atoms with Gasteiger partial charge >= 0.3 is 5.97 Å². The lowest BCUT2D eigenvalue weighted by atomic mass is 9.99. The first-order valence-electron chi connectivity index (χ1n) is 11.8. The standard InChI is InChI=1S/C27H36FNO4/c1-18-12-23(13-21-9-8-19(2)26(28)14-21)29(15-18)16-24(30)17-33-20(3)25-7-5-4-6-22(25)10-11-27(31)32/h4-9,14,18,20,23-24,30H,10-13,15-17H2,1-3H3,(H,31,32)/t18-,20+,23-,24+/m0/s1. The minimum Gasteiger partial charge on any atom is -0.481 e. The summed E-state index contributed by atoms with van der Waals surface area (Å²) in [6, 6.07) is 13.4. The summed E-state index contributed by atoms with van der Waals surface area (Å²) in [6.45, 7) is 7.53. The van der Waals surface area contributed by atoms with Crippen molar-refractivity contribution in [2.24, 2.45) is 5.92 Å². The zero-order chi connectivity index (χ0) is 24.0. The molecule has 3 rings (SSSR count). The van der Waals surface area contributed by atoms with Crippen molar-refractivity contribution in [3.05, 3.63) is 70.5 Å². The van der Waals surface area contributed by atoms with Crippen molar-refractivity contribution in [2.75, 3.05) is 19.7 Å². The number of aliphatic carboxylic acids is 1. The maximum absolute atomic E-state index is 14.0. The van der Waals surface area contributed by atoms with E-state index in [2.05, 4.69) is 11.8 Å². The lowest BCUT2D eigenvalue weighted by molar-refractivity contribution is -0.136. The Morgan fingerprint density at radius 2 is 2.03 bits per heavy atom. The predicted octanol–water partition coefficient (Wildman–Crippen LogP) is 4.54. The Labute approximate surface area is 196 Å². The SMILES string of the molecule is Cc1ccc(C[C@@H]2C[C@H](C)CN2C[C@@H](O)CO[C@H](C)c2ccccc2CCC(=O)O)cc1F. The average Bonchev–Trinajstić information content (AvgIpc) is 3.11. The number of hydrogen-bond acceptors (Lipinski definition) is 4. The van der Waals surface area contributed by atoms with Crippen molar-refractivity contribution in [3.63, 3.8) is 0 Å². The smallest absolute Gasteiger partial charge is 0.303 e. The van der Waals surface area contributed by atoms with Crippen LogP contribution in [-0.2, 0) is 22.4 Å². The van der Waals surface area contributed by atoms with Crippen LogP contribution in [0.1, 0.15) is 55.0 Å². The number of aryl methyl sites for hydroxylation is 2. The van der Waals surface area contributed by atoms with Gasteiger partial charge in [0.1, 0.15) is 5.82 Å². The Balaban J connectivity index is 1.54. The third-order valence-corrected chi connectivity index (χ3v) is 6.53. The molecule has 2 aromatic rings. The molecule has 0 aromatic heterocycles. The van der Waals surface area contributed by atoms with Gasteiger partial charge in [0.25, 0.3) is 0 Å². The highest BCUT2D eigenvalue weighted by molar-refractivity contribution is 5.67. The number of carboxylic acids is 1. The summed E-state index contributed by atoms with van der Waals surface area (Å²) in [5.41, 5.74) is 3.56. The van der Waals surface area contributed by atoms with E-state index in [4.69, 9.17) is 9.84 Å². The fraction of sp³-hybridized carbons (Fsp3) is 0.519. The van der Waals surface area contributed by atoms with Gasteiger partial charge in [-0.15, -0.1) is 0 Å². The van der Waals surface area contributed by atoms with Crippen molar-refractivity contribution in [3.8, 4) is 0 Å². The number of carboxylic acid groups (broad SMARTS) is 1. The van der Waals surface area contributed by atoms with Crippen LogP contribution in [0, 0.1) is 18.7 Å². The highest BCUT2D eigenvalue weighted by Crippen LogP contribution is 2.27. The number of ether oxygens (including phenoxy) is 1. The van der Waals surface area contributed by atoms with E-state index >= 15 is 0 Å². The van der Waals surface area contributed by atoms with E-state index in [1.807, 2.05) is 43.3 Å². The zero-order valence-corrected chi connectivity index (χ0v) is 19.8. The van der Waals surface area contributed by atoms with Gasteiger partial charge in [-0.1, -0.05) is 43.3 Å². The lowest BCUT2D eigenvalue weighted by Gasteiger charge is -2.28. The third-order valence-electron chi connectivity index (χ3n) is 6.53. The molecule has 6 heteroatoms. The molecule has 33 heavy (non-hydrogen) atoms. The number of benzene rings is 2. The second kappa shape index (κ2) is 11.7. The van der Waals surface area contributed by atoms with Gasteiger partial charge in [0, 0.05) is 25.6 Å². The van der Waals surface area contributed by atoms with Crippen LogP contribution < -0.4 is 0 Å². The van der Waals surface area contributed by atoms with Gasteiger partial charge in [-0.05, 0) is 67.3 Å². The highest BCUT2D eigenvalue weighted by atomic mass is 19.1. The summed E-state index contributed by atoms with van der Waals surface area (Å²) >= 11 is 0. The minimum absolute atomic E-state index is 0.0752. The molecule has 0 aliphatic carbocycles. The van der Waals surface area contributed by atoms with E-state index in [9.17, 15) is 14.3 Å². The van der Waals surface area contributed by atoms with Gasteiger partial charge in [-0.2, -0.15) is 0 Å². The highest BCUT2D eigenvalue weighted by Gasteiger charge is 2.31. The summed E-state index contributed by atoms with van der Waals surface area (Å²) in [5, 5.41) is 19.7. The number of rotatable bonds is 11. The monoisotopic (exact) mass is 457 g/mol. The topological polar surface area (TPSA) is 70.0 Å². The van der Waals surface area contributed by atoms with Gasteiger partial charge in [-0.3, -0.25) is 9.69 Å². The first-order chi connectivity index (χ1) is 15.7. The van der Waals surface area contributed by atoms with Gasteiger partial charge < -0.3 is 14.9 Å². The fourth-order valence-corrected chi connectivity index (χ4v) is 4.78. The van der Waals surface area contributed by atoms with Crippen LogP contribution in [0.3, 0.4) is 0 Å². The van der Waals surface area contributed by atoms with Crippen LogP contribution in [0.2, 0.25) is 0 Å². The summed E-state index contributed by atoms with van der Waals surface area (Å²) in [4.78, 5) is 13.2.